The van der Waals surface area contributed by atoms with Crippen LogP contribution in [0.1, 0.15) is 0 Å². The zero-order valence-corrected chi connectivity index (χ0v) is 6.15. The first-order chi connectivity index (χ1) is 5.70. The zero-order valence-electron chi connectivity index (χ0n) is 6.15. The van der Waals surface area contributed by atoms with Crippen molar-refractivity contribution in [3.05, 3.63) is 24.5 Å². The van der Waals surface area contributed by atoms with Gasteiger partial charge in [-0.3, -0.25) is 10.4 Å². The van der Waals surface area contributed by atoms with Crippen LogP contribution in [0, 0.1) is 5.41 Å². The lowest BCUT2D eigenvalue weighted by Crippen LogP contribution is -2.26. The number of carbonyl (C=O) groups excluding carboxylic acids is 1. The molecule has 0 saturated carbocycles. The number of pyridine rings is 1. The Balaban J connectivity index is 2.65. The molecule has 1 aromatic rings. The number of rotatable bonds is 1. The van der Waals surface area contributed by atoms with Crippen molar-refractivity contribution in [1.82, 2.24) is 4.98 Å². The first kappa shape index (κ1) is 8.19. The lowest BCUT2D eigenvalue weighted by Gasteiger charge is -2.00. The van der Waals surface area contributed by atoms with Crippen LogP contribution in [0.5, 0.6) is 5.75 Å². The molecule has 0 radical (unpaired) electrons. The average molecular weight is 165 g/mol. The summed E-state index contributed by atoms with van der Waals surface area (Å²) in [6.07, 6.45) is 2.95. The van der Waals surface area contributed by atoms with Crippen molar-refractivity contribution in [2.24, 2.45) is 5.73 Å². The van der Waals surface area contributed by atoms with E-state index in [9.17, 15) is 4.79 Å². The summed E-state index contributed by atoms with van der Waals surface area (Å²) in [5, 5.41) is 6.74. The Hall–Kier alpha value is -1.91. The number of nitrogens with zero attached hydrogens (tertiary/aromatic N) is 1. The maximum atomic E-state index is 10.7. The SMILES string of the molecule is N=C(N)C(=O)Oc1ccncc1. The number of hydrogen-bond acceptors (Lipinski definition) is 4. The average Bonchev–Trinajstić information content (AvgIpc) is 2.06. The number of carbonyl (C=O) groups is 1. The minimum Gasteiger partial charge on any atom is -0.421 e. The summed E-state index contributed by atoms with van der Waals surface area (Å²) >= 11 is 0. The molecule has 0 aromatic carbocycles. The summed E-state index contributed by atoms with van der Waals surface area (Å²) in [7, 11) is 0. The quantitative estimate of drug-likeness (QED) is 0.346. The van der Waals surface area contributed by atoms with E-state index in [1.807, 2.05) is 0 Å². The molecule has 0 aliphatic carbocycles. The third-order valence-corrected chi connectivity index (χ3v) is 1.08. The Bertz CT molecular complexity index is 297. The van der Waals surface area contributed by atoms with Gasteiger partial charge in [0.1, 0.15) is 5.75 Å². The number of ether oxygens (including phenoxy) is 1. The molecule has 0 fully saturated rings. The van der Waals surface area contributed by atoms with Crippen LogP contribution in [0.15, 0.2) is 24.5 Å². The second kappa shape index (κ2) is 3.47. The number of nitrogens with one attached hydrogen (secondary N) is 1. The maximum Gasteiger partial charge on any atom is 0.378 e. The first-order valence-electron chi connectivity index (χ1n) is 3.16. The first-order valence-corrected chi connectivity index (χ1v) is 3.16. The van der Waals surface area contributed by atoms with E-state index < -0.39 is 11.8 Å². The lowest BCUT2D eigenvalue weighted by atomic mass is 10.4. The molecule has 12 heavy (non-hydrogen) atoms. The van der Waals surface area contributed by atoms with Crippen molar-refractivity contribution in [3.8, 4) is 5.75 Å². The van der Waals surface area contributed by atoms with E-state index in [0.29, 0.717) is 5.75 Å². The van der Waals surface area contributed by atoms with E-state index in [1.54, 1.807) is 0 Å². The van der Waals surface area contributed by atoms with Gasteiger partial charge < -0.3 is 10.5 Å². The molecule has 1 rings (SSSR count). The number of nitrogens with two attached hydrogens (primary N) is 1. The van der Waals surface area contributed by atoms with Gasteiger partial charge in [-0.25, -0.2) is 4.79 Å². The van der Waals surface area contributed by atoms with E-state index >= 15 is 0 Å². The second-order valence-electron chi connectivity index (χ2n) is 1.99. The van der Waals surface area contributed by atoms with Gasteiger partial charge in [0.2, 0.25) is 5.84 Å². The molecular formula is C7H7N3O2. The summed E-state index contributed by atoms with van der Waals surface area (Å²) in [6, 6.07) is 3.00. The number of hydrogen-bond donors (Lipinski definition) is 2. The Kier molecular flexibility index (Phi) is 2.37. The molecular weight excluding hydrogens is 158 g/mol. The molecule has 1 aromatic heterocycles. The predicted molar refractivity (Wildman–Crippen MR) is 41.8 cm³/mol. The summed E-state index contributed by atoms with van der Waals surface area (Å²) in [5.41, 5.74) is 4.88. The molecule has 0 unspecified atom stereocenters. The smallest absolute Gasteiger partial charge is 0.378 e. The van der Waals surface area contributed by atoms with Crippen LogP contribution >= 0.6 is 0 Å². The molecule has 0 bridgehead atoms. The van der Waals surface area contributed by atoms with Gasteiger partial charge in [0.15, 0.2) is 0 Å². The second-order valence-corrected chi connectivity index (χ2v) is 1.99. The van der Waals surface area contributed by atoms with Crippen molar-refractivity contribution < 1.29 is 9.53 Å². The summed E-state index contributed by atoms with van der Waals surface area (Å²) in [6.45, 7) is 0. The fourth-order valence-electron chi connectivity index (χ4n) is 0.568. The monoisotopic (exact) mass is 165 g/mol. The molecule has 0 atom stereocenters. The number of esters is 1. The Morgan fingerprint density at radius 3 is 2.58 bits per heavy atom. The third-order valence-electron chi connectivity index (χ3n) is 1.08. The summed E-state index contributed by atoms with van der Waals surface area (Å²) < 4.78 is 4.65. The zero-order chi connectivity index (χ0) is 8.97. The summed E-state index contributed by atoms with van der Waals surface area (Å²) in [4.78, 5) is 14.4. The van der Waals surface area contributed by atoms with Crippen LogP contribution < -0.4 is 10.5 Å². The number of amidine groups is 1. The van der Waals surface area contributed by atoms with Gasteiger partial charge in [-0.1, -0.05) is 0 Å². The van der Waals surface area contributed by atoms with Gasteiger partial charge in [-0.05, 0) is 12.1 Å². The van der Waals surface area contributed by atoms with Gasteiger partial charge in [-0.2, -0.15) is 0 Å². The van der Waals surface area contributed by atoms with E-state index in [4.69, 9.17) is 11.1 Å². The number of aromatic nitrogens is 1. The van der Waals surface area contributed by atoms with Crippen molar-refractivity contribution in [2.75, 3.05) is 0 Å². The highest BCUT2D eigenvalue weighted by molar-refractivity contribution is 6.33. The predicted octanol–water partition coefficient (Wildman–Crippen LogP) is -0.0770. The largest absolute Gasteiger partial charge is 0.421 e. The third kappa shape index (κ3) is 2.05. The van der Waals surface area contributed by atoms with E-state index in [-0.39, 0.29) is 0 Å². The standard InChI is InChI=1S/C7H7N3O2/c8-6(9)7(11)12-5-1-3-10-4-2-5/h1-4H,(H3,8,9). The Morgan fingerprint density at radius 2 is 2.08 bits per heavy atom. The van der Waals surface area contributed by atoms with Crippen molar-refractivity contribution in [1.29, 1.82) is 5.41 Å². The lowest BCUT2D eigenvalue weighted by molar-refractivity contribution is -0.127. The topological polar surface area (TPSA) is 89.1 Å². The van der Waals surface area contributed by atoms with E-state index in [2.05, 4.69) is 9.72 Å². The Morgan fingerprint density at radius 1 is 1.50 bits per heavy atom. The van der Waals surface area contributed by atoms with Crippen LogP contribution in [0.4, 0.5) is 0 Å². The normalized spacial score (nSPS) is 9.00. The minimum atomic E-state index is -0.860. The minimum absolute atomic E-state index is 0.324. The van der Waals surface area contributed by atoms with Crippen molar-refractivity contribution >= 4 is 11.8 Å². The molecule has 1 heterocycles. The molecule has 62 valence electrons. The highest BCUT2D eigenvalue weighted by atomic mass is 16.5. The highest BCUT2D eigenvalue weighted by Gasteiger charge is 2.06. The molecule has 0 aliphatic heterocycles. The van der Waals surface area contributed by atoms with E-state index in [1.165, 1.54) is 24.5 Å². The van der Waals surface area contributed by atoms with Gasteiger partial charge >= 0.3 is 5.97 Å². The maximum absolute atomic E-state index is 10.7. The molecule has 0 spiro atoms. The van der Waals surface area contributed by atoms with Gasteiger partial charge in [-0.15, -0.1) is 0 Å². The highest BCUT2D eigenvalue weighted by Crippen LogP contribution is 2.06. The van der Waals surface area contributed by atoms with Crippen molar-refractivity contribution in [3.63, 3.8) is 0 Å². The van der Waals surface area contributed by atoms with Crippen LogP contribution in [-0.4, -0.2) is 16.8 Å². The van der Waals surface area contributed by atoms with Gasteiger partial charge in [0, 0.05) is 12.4 Å². The van der Waals surface area contributed by atoms with Crippen molar-refractivity contribution in [2.45, 2.75) is 0 Å². The van der Waals surface area contributed by atoms with Gasteiger partial charge in [0.25, 0.3) is 0 Å². The van der Waals surface area contributed by atoms with Crippen LogP contribution in [0.3, 0.4) is 0 Å². The van der Waals surface area contributed by atoms with Crippen LogP contribution in [-0.2, 0) is 4.79 Å². The van der Waals surface area contributed by atoms with Gasteiger partial charge in [0.05, 0.1) is 0 Å². The Labute approximate surface area is 68.7 Å². The molecule has 0 amide bonds. The fourth-order valence-corrected chi connectivity index (χ4v) is 0.568. The van der Waals surface area contributed by atoms with E-state index in [0.717, 1.165) is 0 Å². The fraction of sp³-hybridized carbons (Fsp3) is 0. The van der Waals surface area contributed by atoms with Crippen LogP contribution in [0.2, 0.25) is 0 Å². The molecule has 5 nitrogen and oxygen atoms in total. The van der Waals surface area contributed by atoms with Crippen LogP contribution in [0.25, 0.3) is 0 Å². The summed E-state index contributed by atoms with van der Waals surface area (Å²) in [5.74, 6) is -1.15. The molecule has 0 saturated heterocycles. The molecule has 3 N–H and O–H groups in total. The molecule has 0 aliphatic rings. The molecule has 5 heteroatoms.